The minimum absolute atomic E-state index is 0.432. The minimum atomic E-state index is -5.24. The molecule has 3 nitrogen and oxygen atoms in total. The molecular formula is C8H8F3O3P. The van der Waals surface area contributed by atoms with Gasteiger partial charge < -0.3 is 9.79 Å². The molecule has 0 aliphatic heterocycles. The van der Waals surface area contributed by atoms with Crippen LogP contribution in [0.1, 0.15) is 11.2 Å². The molecule has 0 fully saturated rings. The summed E-state index contributed by atoms with van der Waals surface area (Å²) < 4.78 is 48.0. The van der Waals surface area contributed by atoms with Crippen LogP contribution in [0.3, 0.4) is 0 Å². The van der Waals surface area contributed by atoms with Gasteiger partial charge in [0.15, 0.2) is 5.66 Å². The van der Waals surface area contributed by atoms with Gasteiger partial charge in [-0.25, -0.2) is 0 Å². The summed E-state index contributed by atoms with van der Waals surface area (Å²) in [6.07, 6.45) is -4.96. The highest BCUT2D eigenvalue weighted by Gasteiger charge is 2.51. The van der Waals surface area contributed by atoms with Crippen LogP contribution in [0.4, 0.5) is 13.2 Å². The fourth-order valence-electron chi connectivity index (χ4n) is 1.21. The van der Waals surface area contributed by atoms with Gasteiger partial charge in [0.05, 0.1) is 0 Å². The number of halogens is 3. The zero-order chi connectivity index (χ0) is 11.7. The van der Waals surface area contributed by atoms with Gasteiger partial charge in [0.2, 0.25) is 0 Å². The van der Waals surface area contributed by atoms with Gasteiger partial charge in [0, 0.05) is 0 Å². The van der Waals surface area contributed by atoms with Crippen LogP contribution in [-0.2, 0) is 4.57 Å². The predicted octanol–water partition coefficient (Wildman–Crippen LogP) is 2.47. The molecule has 0 radical (unpaired) electrons. The van der Waals surface area contributed by atoms with E-state index < -0.39 is 25.0 Å². The Balaban J connectivity index is 3.21. The zero-order valence-electron chi connectivity index (χ0n) is 7.35. The summed E-state index contributed by atoms with van der Waals surface area (Å²) >= 11 is 0. The summed E-state index contributed by atoms with van der Waals surface area (Å²) in [7, 11) is -5.24. The first-order valence-electron chi connectivity index (χ1n) is 3.90. The number of alkyl halides is 3. The lowest BCUT2D eigenvalue weighted by atomic mass is 10.1. The first-order valence-corrected chi connectivity index (χ1v) is 5.58. The van der Waals surface area contributed by atoms with Crippen molar-refractivity contribution in [3.05, 3.63) is 35.9 Å². The van der Waals surface area contributed by atoms with Crippen molar-refractivity contribution in [1.82, 2.24) is 0 Å². The maximum atomic E-state index is 12.4. The van der Waals surface area contributed by atoms with E-state index in [2.05, 4.69) is 0 Å². The SMILES string of the molecule is O=P(O)(O)C(c1ccccc1)C(F)(F)F. The van der Waals surface area contributed by atoms with Crippen LogP contribution in [-0.4, -0.2) is 16.0 Å². The van der Waals surface area contributed by atoms with Crippen molar-refractivity contribution >= 4 is 7.60 Å². The lowest BCUT2D eigenvalue weighted by Crippen LogP contribution is -2.20. The topological polar surface area (TPSA) is 57.5 Å². The molecule has 0 spiro atoms. The largest absolute Gasteiger partial charge is 0.407 e. The first kappa shape index (κ1) is 12.2. The van der Waals surface area contributed by atoms with Crippen LogP contribution in [0.2, 0.25) is 0 Å². The molecule has 0 aromatic heterocycles. The highest BCUT2D eigenvalue weighted by atomic mass is 31.2. The Bertz CT molecular complexity index is 370. The Morgan fingerprint density at radius 1 is 1.13 bits per heavy atom. The fraction of sp³-hybridized carbons (Fsp3) is 0.250. The molecule has 2 N–H and O–H groups in total. The van der Waals surface area contributed by atoms with E-state index in [-0.39, 0.29) is 0 Å². The summed E-state index contributed by atoms with van der Waals surface area (Å²) in [6.45, 7) is 0. The molecule has 0 heterocycles. The molecule has 84 valence electrons. The molecule has 15 heavy (non-hydrogen) atoms. The molecule has 7 heteroatoms. The second kappa shape index (κ2) is 3.96. The lowest BCUT2D eigenvalue weighted by molar-refractivity contribution is -0.135. The summed E-state index contributed by atoms with van der Waals surface area (Å²) in [5.74, 6) is 0. The summed E-state index contributed by atoms with van der Waals surface area (Å²) in [4.78, 5) is 17.3. The Morgan fingerprint density at radius 3 is 1.93 bits per heavy atom. The first-order chi connectivity index (χ1) is 6.73. The van der Waals surface area contributed by atoms with E-state index in [1.807, 2.05) is 0 Å². The smallest absolute Gasteiger partial charge is 0.324 e. The van der Waals surface area contributed by atoms with Gasteiger partial charge in [-0.05, 0) is 5.56 Å². The number of benzene rings is 1. The van der Waals surface area contributed by atoms with E-state index in [4.69, 9.17) is 9.79 Å². The lowest BCUT2D eigenvalue weighted by Gasteiger charge is -2.21. The Morgan fingerprint density at radius 2 is 1.60 bits per heavy atom. The third-order valence-corrected chi connectivity index (χ3v) is 3.03. The van der Waals surface area contributed by atoms with Crippen LogP contribution in [0, 0.1) is 0 Å². The normalized spacial score (nSPS) is 15.0. The van der Waals surface area contributed by atoms with Crippen LogP contribution in [0.5, 0.6) is 0 Å². The highest BCUT2D eigenvalue weighted by Crippen LogP contribution is 2.59. The molecule has 0 amide bonds. The van der Waals surface area contributed by atoms with E-state index >= 15 is 0 Å². The molecule has 0 saturated heterocycles. The average Bonchev–Trinajstić information content (AvgIpc) is 2.00. The quantitative estimate of drug-likeness (QED) is 0.780. The fourth-order valence-corrected chi connectivity index (χ4v) is 2.15. The molecule has 1 aromatic carbocycles. The van der Waals surface area contributed by atoms with Gasteiger partial charge in [-0.15, -0.1) is 0 Å². The molecule has 0 bridgehead atoms. The third-order valence-electron chi connectivity index (χ3n) is 1.76. The van der Waals surface area contributed by atoms with Crippen molar-refractivity contribution in [2.75, 3.05) is 0 Å². The average molecular weight is 240 g/mol. The molecule has 1 rings (SSSR count). The van der Waals surface area contributed by atoms with Crippen LogP contribution >= 0.6 is 7.60 Å². The maximum absolute atomic E-state index is 12.4. The van der Waals surface area contributed by atoms with Crippen molar-refractivity contribution in [2.45, 2.75) is 11.8 Å². The van der Waals surface area contributed by atoms with E-state index in [1.54, 1.807) is 0 Å². The zero-order valence-corrected chi connectivity index (χ0v) is 8.24. The molecule has 0 aliphatic carbocycles. The standard InChI is InChI=1S/C8H8F3O3P/c9-8(10,11)7(15(12,13)14)6-4-2-1-3-5-6/h1-5,7H,(H2,12,13,14). The van der Waals surface area contributed by atoms with Gasteiger partial charge in [0.1, 0.15) is 0 Å². The van der Waals surface area contributed by atoms with Gasteiger partial charge in [-0.1, -0.05) is 30.3 Å². The van der Waals surface area contributed by atoms with Crippen LogP contribution < -0.4 is 0 Å². The molecule has 1 unspecified atom stereocenters. The van der Waals surface area contributed by atoms with Crippen LogP contribution in [0.15, 0.2) is 30.3 Å². The number of hydrogen-bond acceptors (Lipinski definition) is 1. The van der Waals surface area contributed by atoms with Crippen molar-refractivity contribution in [3.63, 3.8) is 0 Å². The van der Waals surface area contributed by atoms with E-state index in [1.165, 1.54) is 18.2 Å². The summed E-state index contributed by atoms with van der Waals surface area (Å²) in [5.41, 5.74) is -3.18. The van der Waals surface area contributed by atoms with Crippen molar-refractivity contribution in [1.29, 1.82) is 0 Å². The highest BCUT2D eigenvalue weighted by molar-refractivity contribution is 7.52. The monoisotopic (exact) mass is 240 g/mol. The predicted molar refractivity (Wildman–Crippen MR) is 47.3 cm³/mol. The molecule has 1 aromatic rings. The van der Waals surface area contributed by atoms with Gasteiger partial charge in [-0.2, -0.15) is 13.2 Å². The van der Waals surface area contributed by atoms with Crippen molar-refractivity contribution < 1.29 is 27.5 Å². The van der Waals surface area contributed by atoms with Gasteiger partial charge in [-0.3, -0.25) is 4.57 Å². The Labute approximate surface area is 83.7 Å². The van der Waals surface area contributed by atoms with Gasteiger partial charge in [0.25, 0.3) is 0 Å². The number of hydrogen-bond donors (Lipinski definition) is 2. The van der Waals surface area contributed by atoms with E-state index in [0.29, 0.717) is 0 Å². The van der Waals surface area contributed by atoms with E-state index in [9.17, 15) is 17.7 Å². The third kappa shape index (κ3) is 3.06. The molecular weight excluding hydrogens is 232 g/mol. The minimum Gasteiger partial charge on any atom is -0.324 e. The molecule has 0 saturated carbocycles. The molecule has 1 atom stereocenters. The van der Waals surface area contributed by atoms with E-state index in [0.717, 1.165) is 12.1 Å². The summed E-state index contributed by atoms with van der Waals surface area (Å²) in [6, 6.07) is 6.14. The Hall–Kier alpha value is -0.840. The summed E-state index contributed by atoms with van der Waals surface area (Å²) in [5, 5.41) is 0. The van der Waals surface area contributed by atoms with Gasteiger partial charge >= 0.3 is 13.8 Å². The van der Waals surface area contributed by atoms with Crippen LogP contribution in [0.25, 0.3) is 0 Å². The van der Waals surface area contributed by atoms with Crippen molar-refractivity contribution in [2.24, 2.45) is 0 Å². The maximum Gasteiger partial charge on any atom is 0.407 e. The Kier molecular flexibility index (Phi) is 3.23. The van der Waals surface area contributed by atoms with Crippen molar-refractivity contribution in [3.8, 4) is 0 Å². The number of rotatable bonds is 2. The second-order valence-corrected chi connectivity index (χ2v) is 4.64. The second-order valence-electron chi connectivity index (χ2n) is 2.94. The molecule has 0 aliphatic rings.